The molecule has 1 rings (SSSR count). The molecule has 1 amide bonds. The molecule has 0 radical (unpaired) electrons. The lowest BCUT2D eigenvalue weighted by molar-refractivity contribution is -0.137. The molecule has 7 nitrogen and oxygen atoms in total. The first-order chi connectivity index (χ1) is 9.29. The zero-order valence-corrected chi connectivity index (χ0v) is 11.7. The predicted molar refractivity (Wildman–Crippen MR) is 74.1 cm³/mol. The number of carboxylic acids is 1. The molecule has 0 aliphatic heterocycles. The van der Waals surface area contributed by atoms with Gasteiger partial charge in [-0.2, -0.15) is 0 Å². The molecule has 1 aromatic rings. The Balaban J connectivity index is 2.70. The average molecular weight is 300 g/mol. The molecule has 0 aliphatic carbocycles. The number of carbonyl (C=O) groups is 2. The van der Waals surface area contributed by atoms with Crippen molar-refractivity contribution in [1.82, 2.24) is 5.32 Å². The first kappa shape index (κ1) is 16.0. The topological polar surface area (TPSA) is 113 Å². The lowest BCUT2D eigenvalue weighted by Gasteiger charge is -2.10. The highest BCUT2D eigenvalue weighted by Gasteiger charge is 2.13. The summed E-state index contributed by atoms with van der Waals surface area (Å²) in [7, 11) is -3.48. The van der Waals surface area contributed by atoms with Crippen LogP contribution in [0.1, 0.15) is 23.2 Å². The van der Waals surface area contributed by atoms with Crippen LogP contribution in [-0.4, -0.2) is 38.2 Å². The van der Waals surface area contributed by atoms with Gasteiger partial charge < -0.3 is 10.4 Å². The van der Waals surface area contributed by atoms with E-state index in [4.69, 9.17) is 5.11 Å². The fourth-order valence-electron chi connectivity index (χ4n) is 1.51. The molecule has 3 N–H and O–H groups in total. The summed E-state index contributed by atoms with van der Waals surface area (Å²) in [6.45, 7) is 0.207. The second-order valence-corrected chi connectivity index (χ2v) is 5.92. The number of hydrogen-bond donors (Lipinski definition) is 3. The van der Waals surface area contributed by atoms with E-state index in [1.165, 1.54) is 12.1 Å². The quantitative estimate of drug-likeness (QED) is 0.640. The van der Waals surface area contributed by atoms with Crippen molar-refractivity contribution in [2.45, 2.75) is 12.8 Å². The Morgan fingerprint density at radius 3 is 2.50 bits per heavy atom. The minimum Gasteiger partial charge on any atom is -0.481 e. The maximum atomic E-state index is 11.9. The van der Waals surface area contributed by atoms with E-state index in [0.717, 1.165) is 6.26 Å². The van der Waals surface area contributed by atoms with E-state index in [9.17, 15) is 18.0 Å². The summed E-state index contributed by atoms with van der Waals surface area (Å²) in [5, 5.41) is 11.0. The molecule has 8 heteroatoms. The Hall–Kier alpha value is -2.09. The standard InChI is InChI=1S/C12H16N2O5S/c1-20(18,19)14-10-6-3-2-5-9(10)12(17)13-8-4-7-11(15)16/h2-3,5-6,14H,4,7-8H2,1H3,(H,13,17)(H,15,16). The normalized spacial score (nSPS) is 10.8. The molecule has 0 atom stereocenters. The van der Waals surface area contributed by atoms with Gasteiger partial charge in [-0.15, -0.1) is 0 Å². The lowest BCUT2D eigenvalue weighted by Crippen LogP contribution is -2.26. The third kappa shape index (κ3) is 5.70. The monoisotopic (exact) mass is 300 g/mol. The summed E-state index contributed by atoms with van der Waals surface area (Å²) < 4.78 is 24.7. The Morgan fingerprint density at radius 2 is 1.90 bits per heavy atom. The fraction of sp³-hybridized carbons (Fsp3) is 0.333. The van der Waals surface area contributed by atoms with Gasteiger partial charge in [0, 0.05) is 13.0 Å². The van der Waals surface area contributed by atoms with Crippen LogP contribution in [0.2, 0.25) is 0 Å². The molecule has 20 heavy (non-hydrogen) atoms. The summed E-state index contributed by atoms with van der Waals surface area (Å²) in [6, 6.07) is 6.18. The van der Waals surface area contributed by atoms with Crippen molar-refractivity contribution in [3.63, 3.8) is 0 Å². The zero-order valence-electron chi connectivity index (χ0n) is 10.9. The number of para-hydroxylation sites is 1. The molecule has 0 unspecified atom stereocenters. The smallest absolute Gasteiger partial charge is 0.303 e. The van der Waals surface area contributed by atoms with Crippen LogP contribution in [0.4, 0.5) is 5.69 Å². The number of amides is 1. The molecule has 0 saturated carbocycles. The van der Waals surface area contributed by atoms with Crippen molar-refractivity contribution in [1.29, 1.82) is 0 Å². The van der Waals surface area contributed by atoms with Crippen molar-refractivity contribution in [2.24, 2.45) is 0 Å². The number of aliphatic carboxylic acids is 1. The van der Waals surface area contributed by atoms with Gasteiger partial charge in [0.2, 0.25) is 10.0 Å². The number of carboxylic acid groups (broad SMARTS) is 1. The number of anilines is 1. The first-order valence-corrected chi connectivity index (χ1v) is 7.75. The third-order valence-electron chi connectivity index (χ3n) is 2.32. The maximum absolute atomic E-state index is 11.9. The van der Waals surface area contributed by atoms with Crippen LogP contribution in [0.25, 0.3) is 0 Å². The molecule has 1 aromatic carbocycles. The van der Waals surface area contributed by atoms with Crippen molar-refractivity contribution in [3.05, 3.63) is 29.8 Å². The maximum Gasteiger partial charge on any atom is 0.303 e. The minimum absolute atomic E-state index is 0.0382. The molecule has 0 bridgehead atoms. The Morgan fingerprint density at radius 1 is 1.25 bits per heavy atom. The predicted octanol–water partition coefficient (Wildman–Crippen LogP) is 0.653. The minimum atomic E-state index is -3.48. The highest BCUT2D eigenvalue weighted by atomic mass is 32.2. The highest BCUT2D eigenvalue weighted by molar-refractivity contribution is 7.92. The van der Waals surface area contributed by atoms with Crippen molar-refractivity contribution >= 4 is 27.6 Å². The number of nitrogens with one attached hydrogen (secondary N) is 2. The van der Waals surface area contributed by atoms with Crippen LogP contribution in [0.5, 0.6) is 0 Å². The van der Waals surface area contributed by atoms with E-state index in [2.05, 4.69) is 10.0 Å². The van der Waals surface area contributed by atoms with E-state index >= 15 is 0 Å². The van der Waals surface area contributed by atoms with Crippen LogP contribution in [-0.2, 0) is 14.8 Å². The van der Waals surface area contributed by atoms with Crippen LogP contribution >= 0.6 is 0 Å². The largest absolute Gasteiger partial charge is 0.481 e. The van der Waals surface area contributed by atoms with E-state index in [0.29, 0.717) is 6.42 Å². The van der Waals surface area contributed by atoms with E-state index < -0.39 is 21.9 Å². The second kappa shape index (κ2) is 6.90. The summed E-state index contributed by atoms with van der Waals surface area (Å²) in [6.07, 6.45) is 1.26. The van der Waals surface area contributed by atoms with Gasteiger partial charge in [0.15, 0.2) is 0 Å². The molecule has 0 aromatic heterocycles. The number of rotatable bonds is 7. The average Bonchev–Trinajstić information content (AvgIpc) is 2.33. The first-order valence-electron chi connectivity index (χ1n) is 5.86. The molecular formula is C12H16N2O5S. The van der Waals surface area contributed by atoms with Crippen molar-refractivity contribution in [2.75, 3.05) is 17.5 Å². The highest BCUT2D eigenvalue weighted by Crippen LogP contribution is 2.16. The van der Waals surface area contributed by atoms with E-state index in [-0.39, 0.29) is 24.2 Å². The lowest BCUT2D eigenvalue weighted by atomic mass is 10.1. The molecule has 0 spiro atoms. The molecule has 0 heterocycles. The van der Waals surface area contributed by atoms with Crippen molar-refractivity contribution < 1.29 is 23.1 Å². The molecule has 0 saturated heterocycles. The van der Waals surface area contributed by atoms with Gasteiger partial charge in [0.25, 0.3) is 5.91 Å². The molecule has 0 aliphatic rings. The Bertz CT molecular complexity index is 598. The summed E-state index contributed by atoms with van der Waals surface area (Å²) in [4.78, 5) is 22.2. The van der Waals surface area contributed by atoms with Gasteiger partial charge in [-0.05, 0) is 18.6 Å². The van der Waals surface area contributed by atoms with Gasteiger partial charge in [-0.1, -0.05) is 12.1 Å². The molecular weight excluding hydrogens is 284 g/mol. The van der Waals surface area contributed by atoms with Crippen LogP contribution in [0.3, 0.4) is 0 Å². The molecule has 0 fully saturated rings. The molecule has 110 valence electrons. The summed E-state index contributed by atoms with van der Waals surface area (Å²) >= 11 is 0. The fourth-order valence-corrected chi connectivity index (χ4v) is 2.08. The van der Waals surface area contributed by atoms with Crippen LogP contribution < -0.4 is 10.0 Å². The van der Waals surface area contributed by atoms with Crippen LogP contribution in [0, 0.1) is 0 Å². The zero-order chi connectivity index (χ0) is 15.2. The van der Waals surface area contributed by atoms with Crippen LogP contribution in [0.15, 0.2) is 24.3 Å². The number of sulfonamides is 1. The van der Waals surface area contributed by atoms with Gasteiger partial charge >= 0.3 is 5.97 Å². The van der Waals surface area contributed by atoms with Gasteiger partial charge in [0.05, 0.1) is 17.5 Å². The van der Waals surface area contributed by atoms with Gasteiger partial charge in [0.1, 0.15) is 0 Å². The number of carbonyl (C=O) groups excluding carboxylic acids is 1. The summed E-state index contributed by atoms with van der Waals surface area (Å²) in [5.74, 6) is -1.39. The van der Waals surface area contributed by atoms with Gasteiger partial charge in [-0.3, -0.25) is 14.3 Å². The SMILES string of the molecule is CS(=O)(=O)Nc1ccccc1C(=O)NCCCC(=O)O. The number of hydrogen-bond acceptors (Lipinski definition) is 4. The van der Waals surface area contributed by atoms with Crippen molar-refractivity contribution in [3.8, 4) is 0 Å². The van der Waals surface area contributed by atoms with E-state index in [1.54, 1.807) is 12.1 Å². The Labute approximate surface area is 117 Å². The van der Waals surface area contributed by atoms with Gasteiger partial charge in [-0.25, -0.2) is 8.42 Å². The number of benzene rings is 1. The Kier molecular flexibility index (Phi) is 5.51. The summed E-state index contributed by atoms with van der Waals surface area (Å²) in [5.41, 5.74) is 0.374. The second-order valence-electron chi connectivity index (χ2n) is 4.17. The van der Waals surface area contributed by atoms with E-state index in [1.807, 2.05) is 0 Å². The third-order valence-corrected chi connectivity index (χ3v) is 2.91.